The minimum atomic E-state index is 0.171. The molecule has 1 unspecified atom stereocenters. The molecule has 4 nitrogen and oxygen atoms in total. The molecule has 3 rings (SSSR count). The van der Waals surface area contributed by atoms with Gasteiger partial charge in [-0.15, -0.1) is 0 Å². The van der Waals surface area contributed by atoms with Crippen molar-refractivity contribution in [3.63, 3.8) is 0 Å². The maximum Gasteiger partial charge on any atom is 0.220 e. The van der Waals surface area contributed by atoms with Crippen LogP contribution in [0.1, 0.15) is 18.4 Å². The van der Waals surface area contributed by atoms with Crippen LogP contribution in [-0.4, -0.2) is 23.5 Å². The molecule has 1 saturated heterocycles. The topological polar surface area (TPSA) is 54.0 Å². The number of amides is 1. The molecule has 19 heavy (non-hydrogen) atoms. The average Bonchev–Trinajstić information content (AvgIpc) is 2.84. The van der Waals surface area contributed by atoms with Crippen molar-refractivity contribution in [2.45, 2.75) is 25.4 Å². The first-order valence-corrected chi connectivity index (χ1v) is 6.64. The molecule has 2 N–H and O–H groups in total. The number of carbonyl (C=O) groups is 1. The van der Waals surface area contributed by atoms with Crippen molar-refractivity contribution in [3.05, 3.63) is 42.2 Å². The molecule has 1 amide bonds. The van der Waals surface area contributed by atoms with Gasteiger partial charge in [0.05, 0.1) is 0 Å². The average molecular weight is 255 g/mol. The van der Waals surface area contributed by atoms with Crippen LogP contribution in [0.15, 0.2) is 36.7 Å². The molecule has 1 fully saturated rings. The molecule has 0 bridgehead atoms. The molecule has 0 aliphatic carbocycles. The van der Waals surface area contributed by atoms with Gasteiger partial charge >= 0.3 is 0 Å². The predicted octanol–water partition coefficient (Wildman–Crippen LogP) is 1.60. The van der Waals surface area contributed by atoms with Crippen LogP contribution in [0.25, 0.3) is 10.8 Å². The highest BCUT2D eigenvalue weighted by Gasteiger charge is 2.19. The number of pyridine rings is 1. The van der Waals surface area contributed by atoms with E-state index in [0.717, 1.165) is 24.9 Å². The second-order valence-corrected chi connectivity index (χ2v) is 4.99. The summed E-state index contributed by atoms with van der Waals surface area (Å²) < 4.78 is 0. The zero-order valence-corrected chi connectivity index (χ0v) is 10.7. The summed E-state index contributed by atoms with van der Waals surface area (Å²) in [6.45, 7) is 1.66. The van der Waals surface area contributed by atoms with Crippen molar-refractivity contribution in [2.24, 2.45) is 0 Å². The molecule has 0 saturated carbocycles. The van der Waals surface area contributed by atoms with E-state index in [-0.39, 0.29) is 11.9 Å². The number of carbonyl (C=O) groups excluding carboxylic acids is 1. The molecule has 1 atom stereocenters. The fraction of sp³-hybridized carbons (Fsp3) is 0.333. The van der Waals surface area contributed by atoms with Gasteiger partial charge in [0.15, 0.2) is 0 Å². The molecule has 1 aromatic carbocycles. The third-order valence-electron chi connectivity index (χ3n) is 3.51. The number of rotatable bonds is 4. The molecular weight excluding hydrogens is 238 g/mol. The van der Waals surface area contributed by atoms with Gasteiger partial charge in [0.25, 0.3) is 0 Å². The summed E-state index contributed by atoms with van der Waals surface area (Å²) in [5.41, 5.74) is 1.25. The van der Waals surface area contributed by atoms with Crippen LogP contribution in [0.3, 0.4) is 0 Å². The first-order chi connectivity index (χ1) is 9.31. The molecule has 2 aromatic rings. The van der Waals surface area contributed by atoms with E-state index in [1.54, 1.807) is 0 Å². The van der Waals surface area contributed by atoms with Gasteiger partial charge in [0.2, 0.25) is 5.91 Å². The number of hydrogen-bond donors (Lipinski definition) is 2. The number of fused-ring (bicyclic) bond motifs is 1. The van der Waals surface area contributed by atoms with Crippen LogP contribution in [0.5, 0.6) is 0 Å². The lowest BCUT2D eigenvalue weighted by molar-refractivity contribution is -0.119. The minimum Gasteiger partial charge on any atom is -0.352 e. The lowest BCUT2D eigenvalue weighted by Crippen LogP contribution is -2.35. The van der Waals surface area contributed by atoms with Crippen molar-refractivity contribution in [2.75, 3.05) is 6.54 Å². The second kappa shape index (κ2) is 5.36. The molecule has 98 valence electrons. The van der Waals surface area contributed by atoms with Crippen LogP contribution >= 0.6 is 0 Å². The summed E-state index contributed by atoms with van der Waals surface area (Å²) in [5, 5.41) is 8.73. The zero-order valence-electron chi connectivity index (χ0n) is 10.7. The van der Waals surface area contributed by atoms with E-state index in [0.29, 0.717) is 6.42 Å². The Morgan fingerprint density at radius 2 is 2.26 bits per heavy atom. The van der Waals surface area contributed by atoms with Crippen LogP contribution in [0.4, 0.5) is 0 Å². The van der Waals surface area contributed by atoms with Gasteiger partial charge in [0, 0.05) is 43.3 Å². The lowest BCUT2D eigenvalue weighted by Gasteiger charge is -2.11. The van der Waals surface area contributed by atoms with Crippen LogP contribution in [0, 0.1) is 0 Å². The van der Waals surface area contributed by atoms with Crippen LogP contribution < -0.4 is 10.6 Å². The van der Waals surface area contributed by atoms with Crippen LogP contribution in [-0.2, 0) is 11.3 Å². The van der Waals surface area contributed by atoms with Crippen molar-refractivity contribution in [1.82, 2.24) is 15.6 Å². The lowest BCUT2D eigenvalue weighted by atomic mass is 10.1. The smallest absolute Gasteiger partial charge is 0.220 e. The number of aromatic nitrogens is 1. The summed E-state index contributed by atoms with van der Waals surface area (Å²) in [6, 6.07) is 8.70. The van der Waals surface area contributed by atoms with Gasteiger partial charge in [0.1, 0.15) is 0 Å². The van der Waals surface area contributed by atoms with Gasteiger partial charge in [-0.05, 0) is 29.5 Å². The second-order valence-electron chi connectivity index (χ2n) is 4.99. The fourth-order valence-corrected chi connectivity index (χ4v) is 2.46. The number of benzene rings is 1. The summed E-state index contributed by atoms with van der Waals surface area (Å²) in [5.74, 6) is 0.171. The first kappa shape index (κ1) is 12.1. The Bertz CT molecular complexity index is 597. The van der Waals surface area contributed by atoms with E-state index in [1.165, 1.54) is 10.9 Å². The van der Waals surface area contributed by atoms with Crippen LogP contribution in [0.2, 0.25) is 0 Å². The summed E-state index contributed by atoms with van der Waals surface area (Å²) in [6.07, 6.45) is 5.29. The maximum atomic E-state index is 11.1. The van der Waals surface area contributed by atoms with E-state index < -0.39 is 0 Å². The standard InChI is InChI=1S/C15H17N3O/c19-15-4-3-14(18-15)10-17-8-11-1-2-13-9-16-6-5-12(13)7-11/h1-2,5-7,9,14,17H,3-4,8,10H2,(H,18,19). The molecule has 1 aliphatic rings. The molecule has 0 spiro atoms. The highest BCUT2D eigenvalue weighted by molar-refractivity contribution is 5.82. The third kappa shape index (κ3) is 2.90. The largest absolute Gasteiger partial charge is 0.352 e. The number of nitrogens with zero attached hydrogens (tertiary/aromatic N) is 1. The first-order valence-electron chi connectivity index (χ1n) is 6.64. The molecular formula is C15H17N3O. The van der Waals surface area contributed by atoms with Crippen molar-refractivity contribution in [1.29, 1.82) is 0 Å². The Kier molecular flexibility index (Phi) is 3.42. The Balaban J connectivity index is 1.58. The number of nitrogens with one attached hydrogen (secondary N) is 2. The quantitative estimate of drug-likeness (QED) is 0.872. The zero-order chi connectivity index (χ0) is 13.1. The van der Waals surface area contributed by atoms with Crippen molar-refractivity contribution >= 4 is 16.7 Å². The summed E-state index contributed by atoms with van der Waals surface area (Å²) in [7, 11) is 0. The molecule has 2 heterocycles. The van der Waals surface area contributed by atoms with Gasteiger partial charge in [-0.1, -0.05) is 12.1 Å². The fourth-order valence-electron chi connectivity index (χ4n) is 2.46. The molecule has 0 radical (unpaired) electrons. The highest BCUT2D eigenvalue weighted by Crippen LogP contribution is 2.14. The van der Waals surface area contributed by atoms with Gasteiger partial charge in [-0.3, -0.25) is 9.78 Å². The Labute approximate surface area is 112 Å². The SMILES string of the molecule is O=C1CCC(CNCc2ccc3cnccc3c2)N1. The van der Waals surface area contributed by atoms with E-state index in [1.807, 2.05) is 18.5 Å². The van der Waals surface area contributed by atoms with Crippen molar-refractivity contribution in [3.8, 4) is 0 Å². The number of hydrogen-bond acceptors (Lipinski definition) is 3. The maximum absolute atomic E-state index is 11.1. The molecule has 1 aromatic heterocycles. The van der Waals surface area contributed by atoms with Gasteiger partial charge < -0.3 is 10.6 Å². The summed E-state index contributed by atoms with van der Waals surface area (Å²) >= 11 is 0. The third-order valence-corrected chi connectivity index (χ3v) is 3.51. The Hall–Kier alpha value is -1.94. The normalized spacial score (nSPS) is 18.7. The monoisotopic (exact) mass is 255 g/mol. The van der Waals surface area contributed by atoms with Gasteiger partial charge in [-0.2, -0.15) is 0 Å². The van der Waals surface area contributed by atoms with E-state index >= 15 is 0 Å². The van der Waals surface area contributed by atoms with E-state index in [2.05, 4.69) is 33.8 Å². The minimum absolute atomic E-state index is 0.171. The molecule has 4 heteroatoms. The van der Waals surface area contributed by atoms with E-state index in [9.17, 15) is 4.79 Å². The Morgan fingerprint density at radius 3 is 3.11 bits per heavy atom. The Morgan fingerprint density at radius 1 is 1.32 bits per heavy atom. The van der Waals surface area contributed by atoms with Crippen molar-refractivity contribution < 1.29 is 4.79 Å². The van der Waals surface area contributed by atoms with E-state index in [4.69, 9.17) is 0 Å². The summed E-state index contributed by atoms with van der Waals surface area (Å²) in [4.78, 5) is 15.2. The van der Waals surface area contributed by atoms with Gasteiger partial charge in [-0.25, -0.2) is 0 Å². The highest BCUT2D eigenvalue weighted by atomic mass is 16.1. The molecule has 1 aliphatic heterocycles. The predicted molar refractivity (Wildman–Crippen MR) is 74.6 cm³/mol.